The van der Waals surface area contributed by atoms with Crippen LogP contribution in [0.25, 0.3) is 0 Å². The van der Waals surface area contributed by atoms with Gasteiger partial charge in [0.25, 0.3) is 0 Å². The second-order valence-electron chi connectivity index (χ2n) is 2.92. The Morgan fingerprint density at radius 1 is 1.33 bits per heavy atom. The summed E-state index contributed by atoms with van der Waals surface area (Å²) in [7, 11) is 0. The summed E-state index contributed by atoms with van der Waals surface area (Å²) in [6.07, 6.45) is 1.02. The summed E-state index contributed by atoms with van der Waals surface area (Å²) in [5.74, 6) is -0.432. The van der Waals surface area contributed by atoms with Crippen LogP contribution < -0.4 is 11.5 Å². The second-order valence-corrected chi connectivity index (χ2v) is 3.36. The second kappa shape index (κ2) is 3.37. The van der Waals surface area contributed by atoms with Gasteiger partial charge in [0.05, 0.1) is 4.99 Å². The number of thiocarbonyl (C=S) groups is 1. The van der Waals surface area contributed by atoms with Gasteiger partial charge in [-0.15, -0.1) is 0 Å². The first-order chi connectivity index (χ1) is 5.59. The Balaban J connectivity index is 2.84. The van der Waals surface area contributed by atoms with Crippen LogP contribution in [0, 0.1) is 5.41 Å². The summed E-state index contributed by atoms with van der Waals surface area (Å²) in [6.45, 7) is 1.00. The molecular formula is C7H12N2O2S. The van der Waals surface area contributed by atoms with E-state index < -0.39 is 11.3 Å². The molecular weight excluding hydrogens is 176 g/mol. The van der Waals surface area contributed by atoms with Crippen molar-refractivity contribution in [3.05, 3.63) is 0 Å². The van der Waals surface area contributed by atoms with Crippen molar-refractivity contribution in [3.63, 3.8) is 0 Å². The van der Waals surface area contributed by atoms with Crippen LogP contribution in [0.5, 0.6) is 0 Å². The van der Waals surface area contributed by atoms with Crippen molar-refractivity contribution in [2.45, 2.75) is 12.8 Å². The predicted octanol–water partition coefficient (Wildman–Crippen LogP) is -0.445. The maximum atomic E-state index is 11.1. The maximum Gasteiger partial charge on any atom is 0.230 e. The molecule has 12 heavy (non-hydrogen) atoms. The topological polar surface area (TPSA) is 78.3 Å². The van der Waals surface area contributed by atoms with Gasteiger partial charge in [0.15, 0.2) is 0 Å². The Kier molecular flexibility index (Phi) is 2.64. The van der Waals surface area contributed by atoms with Gasteiger partial charge in [-0.2, -0.15) is 0 Å². The lowest BCUT2D eigenvalue weighted by molar-refractivity contribution is -0.128. The fourth-order valence-corrected chi connectivity index (χ4v) is 1.64. The van der Waals surface area contributed by atoms with E-state index in [-0.39, 0.29) is 4.99 Å². The highest BCUT2D eigenvalue weighted by Gasteiger charge is 2.41. The minimum absolute atomic E-state index is 0.193. The summed E-state index contributed by atoms with van der Waals surface area (Å²) < 4.78 is 5.10. The lowest BCUT2D eigenvalue weighted by Crippen LogP contribution is -2.50. The smallest absolute Gasteiger partial charge is 0.230 e. The molecule has 4 nitrogen and oxygen atoms in total. The first kappa shape index (κ1) is 9.41. The molecule has 0 bridgehead atoms. The number of hydrogen-bond acceptors (Lipinski definition) is 3. The average molecular weight is 188 g/mol. The van der Waals surface area contributed by atoms with Crippen molar-refractivity contribution in [1.82, 2.24) is 0 Å². The quantitative estimate of drug-likeness (QED) is 0.575. The molecule has 68 valence electrons. The van der Waals surface area contributed by atoms with Gasteiger partial charge in [-0.3, -0.25) is 4.79 Å². The van der Waals surface area contributed by atoms with Crippen LogP contribution >= 0.6 is 12.2 Å². The molecule has 1 saturated heterocycles. The highest BCUT2D eigenvalue weighted by Crippen LogP contribution is 2.30. The predicted molar refractivity (Wildman–Crippen MR) is 48.5 cm³/mol. The molecule has 0 unspecified atom stereocenters. The van der Waals surface area contributed by atoms with E-state index in [1.165, 1.54) is 0 Å². The zero-order valence-electron chi connectivity index (χ0n) is 6.71. The molecule has 0 saturated carbocycles. The summed E-state index contributed by atoms with van der Waals surface area (Å²) in [4.78, 5) is 11.3. The molecule has 1 fully saturated rings. The van der Waals surface area contributed by atoms with E-state index in [0.717, 1.165) is 0 Å². The number of rotatable bonds is 2. The van der Waals surface area contributed by atoms with E-state index in [2.05, 4.69) is 0 Å². The fraction of sp³-hybridized carbons (Fsp3) is 0.714. The van der Waals surface area contributed by atoms with Gasteiger partial charge in [0.2, 0.25) is 5.91 Å². The number of hydrogen-bond donors (Lipinski definition) is 2. The molecule has 1 rings (SSSR count). The van der Waals surface area contributed by atoms with Gasteiger partial charge >= 0.3 is 0 Å². The van der Waals surface area contributed by atoms with Gasteiger partial charge in [-0.25, -0.2) is 0 Å². The minimum Gasteiger partial charge on any atom is -0.392 e. The number of carbonyl (C=O) groups is 1. The Morgan fingerprint density at radius 2 is 1.83 bits per heavy atom. The normalized spacial score (nSPS) is 21.7. The van der Waals surface area contributed by atoms with Crippen LogP contribution in [0.15, 0.2) is 0 Å². The van der Waals surface area contributed by atoms with Gasteiger partial charge in [-0.1, -0.05) is 12.2 Å². The monoisotopic (exact) mass is 188 g/mol. The van der Waals surface area contributed by atoms with Crippen molar-refractivity contribution in [2.75, 3.05) is 13.2 Å². The standard InChI is InChI=1S/C7H12N2O2S/c8-5(10)7(6(9)12)1-3-11-4-2-7/h1-4H2,(H2,8,10)(H2,9,12). The van der Waals surface area contributed by atoms with Crippen LogP contribution in [0.1, 0.15) is 12.8 Å². The van der Waals surface area contributed by atoms with Crippen molar-refractivity contribution in [2.24, 2.45) is 16.9 Å². The Labute approximate surface area is 76.2 Å². The molecule has 1 aliphatic rings. The van der Waals surface area contributed by atoms with Crippen molar-refractivity contribution >= 4 is 23.1 Å². The molecule has 1 amide bonds. The molecule has 0 aromatic carbocycles. The lowest BCUT2D eigenvalue weighted by Gasteiger charge is -2.32. The third kappa shape index (κ3) is 1.42. The zero-order valence-corrected chi connectivity index (χ0v) is 7.52. The van der Waals surface area contributed by atoms with Crippen molar-refractivity contribution in [3.8, 4) is 0 Å². The third-order valence-electron chi connectivity index (χ3n) is 2.29. The molecule has 1 aliphatic heterocycles. The molecule has 1 heterocycles. The van der Waals surface area contributed by atoms with Crippen LogP contribution in [0.3, 0.4) is 0 Å². The van der Waals surface area contributed by atoms with E-state index in [0.29, 0.717) is 26.1 Å². The molecule has 0 aromatic rings. The molecule has 0 aliphatic carbocycles. The number of nitrogens with two attached hydrogens (primary N) is 2. The molecule has 5 heteroatoms. The number of ether oxygens (including phenoxy) is 1. The SMILES string of the molecule is NC(=O)C1(C(N)=S)CCOCC1. The number of amides is 1. The van der Waals surface area contributed by atoms with Crippen molar-refractivity contribution in [1.29, 1.82) is 0 Å². The largest absolute Gasteiger partial charge is 0.392 e. The minimum atomic E-state index is -0.798. The Bertz CT molecular complexity index is 195. The van der Waals surface area contributed by atoms with Crippen molar-refractivity contribution < 1.29 is 9.53 Å². The average Bonchev–Trinajstić information content (AvgIpc) is 2.05. The molecule has 4 N–H and O–H groups in total. The van der Waals surface area contributed by atoms with E-state index >= 15 is 0 Å². The lowest BCUT2D eigenvalue weighted by atomic mass is 9.79. The number of carbonyl (C=O) groups excluding carboxylic acids is 1. The van der Waals surface area contributed by atoms with Crippen LogP contribution in [-0.4, -0.2) is 24.1 Å². The number of primary amides is 1. The van der Waals surface area contributed by atoms with E-state index in [1.54, 1.807) is 0 Å². The van der Waals surface area contributed by atoms with Gasteiger partial charge in [-0.05, 0) is 12.8 Å². The molecule has 0 radical (unpaired) electrons. The molecule has 0 atom stereocenters. The fourth-order valence-electron chi connectivity index (χ4n) is 1.33. The van der Waals surface area contributed by atoms with Crippen LogP contribution in [0.4, 0.5) is 0 Å². The van der Waals surface area contributed by atoms with Crippen LogP contribution in [-0.2, 0) is 9.53 Å². The highest BCUT2D eigenvalue weighted by molar-refractivity contribution is 7.80. The van der Waals surface area contributed by atoms with E-state index in [4.69, 9.17) is 28.4 Å². The van der Waals surface area contributed by atoms with Gasteiger partial charge in [0, 0.05) is 13.2 Å². The Morgan fingerprint density at radius 3 is 2.08 bits per heavy atom. The van der Waals surface area contributed by atoms with E-state index in [9.17, 15) is 4.79 Å². The van der Waals surface area contributed by atoms with E-state index in [1.807, 2.05) is 0 Å². The van der Waals surface area contributed by atoms with Gasteiger partial charge in [0.1, 0.15) is 5.41 Å². The maximum absolute atomic E-state index is 11.1. The van der Waals surface area contributed by atoms with Crippen LogP contribution in [0.2, 0.25) is 0 Å². The highest BCUT2D eigenvalue weighted by atomic mass is 32.1. The van der Waals surface area contributed by atoms with Gasteiger partial charge < -0.3 is 16.2 Å². The summed E-state index contributed by atoms with van der Waals surface area (Å²) in [6, 6.07) is 0. The summed E-state index contributed by atoms with van der Waals surface area (Å²) in [5, 5.41) is 0. The molecule has 0 aromatic heterocycles. The summed E-state index contributed by atoms with van der Waals surface area (Å²) >= 11 is 4.83. The third-order valence-corrected chi connectivity index (χ3v) is 2.68. The molecule has 0 spiro atoms. The Hall–Kier alpha value is -0.680. The summed E-state index contributed by atoms with van der Waals surface area (Å²) in [5.41, 5.74) is 9.92. The zero-order chi connectivity index (χ0) is 9.19. The first-order valence-corrected chi connectivity index (χ1v) is 4.18. The first-order valence-electron chi connectivity index (χ1n) is 3.77.